The molecule has 2 atom stereocenters. The zero-order valence-corrected chi connectivity index (χ0v) is 21.0. The standard InChI is InChI=1S/C29H34N2O2S/c1-31(19-9-21-33-26-14-16-27(34-2)17-15-26)20-18-25(22-31)29(28(30)32,23-10-5-3-6-11-23)24-12-7-4-8-13-24/h3-8,10-17,25H,9,18-22H2,1-2H3,(H-,30,32)/p+1/t25-,31?/m1/s1. The van der Waals surface area contributed by atoms with Crippen LogP contribution in [0.1, 0.15) is 24.0 Å². The summed E-state index contributed by atoms with van der Waals surface area (Å²) in [7, 11) is 2.30. The van der Waals surface area contributed by atoms with Crippen LogP contribution >= 0.6 is 11.8 Å². The van der Waals surface area contributed by atoms with Crippen LogP contribution in [-0.4, -0.2) is 49.9 Å². The number of rotatable bonds is 10. The molecule has 1 saturated heterocycles. The van der Waals surface area contributed by atoms with Gasteiger partial charge in [-0.25, -0.2) is 0 Å². The lowest BCUT2D eigenvalue weighted by Crippen LogP contribution is -2.51. The van der Waals surface area contributed by atoms with Gasteiger partial charge in [-0.05, 0) is 41.6 Å². The zero-order chi connectivity index (χ0) is 24.0. The summed E-state index contributed by atoms with van der Waals surface area (Å²) in [4.78, 5) is 14.5. The summed E-state index contributed by atoms with van der Waals surface area (Å²) in [6.45, 7) is 3.64. The van der Waals surface area contributed by atoms with E-state index in [2.05, 4.69) is 49.7 Å². The van der Waals surface area contributed by atoms with E-state index in [1.807, 2.05) is 48.5 Å². The molecule has 3 aromatic carbocycles. The highest BCUT2D eigenvalue weighted by atomic mass is 32.2. The summed E-state index contributed by atoms with van der Waals surface area (Å²) in [5.74, 6) is 0.792. The van der Waals surface area contributed by atoms with E-state index in [9.17, 15) is 4.79 Å². The van der Waals surface area contributed by atoms with Gasteiger partial charge in [0, 0.05) is 23.7 Å². The van der Waals surface area contributed by atoms with Gasteiger partial charge in [0.1, 0.15) is 11.2 Å². The second-order valence-corrected chi connectivity index (χ2v) is 10.4. The molecule has 1 unspecified atom stereocenters. The second-order valence-electron chi connectivity index (χ2n) is 9.52. The molecule has 4 nitrogen and oxygen atoms in total. The average Bonchev–Trinajstić information content (AvgIpc) is 3.26. The number of amides is 1. The molecular weight excluding hydrogens is 440 g/mol. The van der Waals surface area contributed by atoms with Crippen molar-refractivity contribution in [1.82, 2.24) is 0 Å². The number of nitrogens with two attached hydrogens (primary N) is 1. The van der Waals surface area contributed by atoms with Gasteiger partial charge in [-0.3, -0.25) is 4.79 Å². The Bertz CT molecular complexity index is 1030. The van der Waals surface area contributed by atoms with Gasteiger partial charge in [-0.15, -0.1) is 11.8 Å². The number of carbonyl (C=O) groups is 1. The fourth-order valence-electron chi connectivity index (χ4n) is 5.57. The fraction of sp³-hybridized carbons (Fsp3) is 0.345. The Morgan fingerprint density at radius 2 is 1.59 bits per heavy atom. The second kappa shape index (κ2) is 10.7. The van der Waals surface area contributed by atoms with E-state index in [4.69, 9.17) is 10.5 Å². The molecule has 0 saturated carbocycles. The van der Waals surface area contributed by atoms with Crippen LogP contribution in [0.3, 0.4) is 0 Å². The number of nitrogens with zero attached hydrogens (tertiary/aromatic N) is 1. The third-order valence-electron chi connectivity index (χ3n) is 7.31. The number of ether oxygens (including phenoxy) is 1. The summed E-state index contributed by atoms with van der Waals surface area (Å²) in [5.41, 5.74) is 7.40. The van der Waals surface area contributed by atoms with E-state index in [-0.39, 0.29) is 11.8 Å². The molecule has 0 aliphatic carbocycles. The highest BCUT2D eigenvalue weighted by Crippen LogP contribution is 2.45. The Morgan fingerprint density at radius 3 is 2.12 bits per heavy atom. The number of benzene rings is 3. The molecule has 34 heavy (non-hydrogen) atoms. The van der Waals surface area contributed by atoms with Crippen LogP contribution in [0.4, 0.5) is 0 Å². The van der Waals surface area contributed by atoms with Crippen LogP contribution in [0.2, 0.25) is 0 Å². The molecule has 0 radical (unpaired) electrons. The lowest BCUT2D eigenvalue weighted by atomic mass is 9.64. The van der Waals surface area contributed by atoms with Crippen LogP contribution in [0.25, 0.3) is 0 Å². The van der Waals surface area contributed by atoms with Crippen molar-refractivity contribution in [2.75, 3.05) is 39.5 Å². The molecule has 1 amide bonds. The quantitative estimate of drug-likeness (QED) is 0.252. The fourth-order valence-corrected chi connectivity index (χ4v) is 5.98. The van der Waals surface area contributed by atoms with E-state index in [0.717, 1.165) is 53.8 Å². The van der Waals surface area contributed by atoms with E-state index in [1.54, 1.807) is 11.8 Å². The van der Waals surface area contributed by atoms with Gasteiger partial charge >= 0.3 is 0 Å². The highest BCUT2D eigenvalue weighted by Gasteiger charge is 2.53. The molecule has 1 aliphatic rings. The van der Waals surface area contributed by atoms with Crippen molar-refractivity contribution in [1.29, 1.82) is 0 Å². The van der Waals surface area contributed by atoms with Gasteiger partial charge in [0.2, 0.25) is 5.91 Å². The summed E-state index contributed by atoms with van der Waals surface area (Å²) in [6.07, 6.45) is 4.00. The molecular formula is C29H35N2O2S+. The molecule has 0 spiro atoms. The van der Waals surface area contributed by atoms with Crippen LogP contribution in [0.15, 0.2) is 89.8 Å². The number of hydrogen-bond acceptors (Lipinski definition) is 3. The molecule has 3 aromatic rings. The minimum absolute atomic E-state index is 0.139. The number of thioether (sulfide) groups is 1. The number of carbonyl (C=O) groups excluding carboxylic acids is 1. The maximum atomic E-state index is 13.3. The summed E-state index contributed by atoms with van der Waals surface area (Å²) < 4.78 is 6.91. The van der Waals surface area contributed by atoms with Crippen LogP contribution in [-0.2, 0) is 10.2 Å². The van der Waals surface area contributed by atoms with Gasteiger partial charge < -0.3 is 15.0 Å². The van der Waals surface area contributed by atoms with Gasteiger partial charge in [-0.2, -0.15) is 0 Å². The lowest BCUT2D eigenvalue weighted by molar-refractivity contribution is -0.899. The highest BCUT2D eigenvalue weighted by molar-refractivity contribution is 7.98. The van der Waals surface area contributed by atoms with Crippen LogP contribution in [0.5, 0.6) is 5.75 Å². The average molecular weight is 476 g/mol. The van der Waals surface area contributed by atoms with E-state index >= 15 is 0 Å². The predicted molar refractivity (Wildman–Crippen MR) is 140 cm³/mol. The van der Waals surface area contributed by atoms with Gasteiger partial charge in [-0.1, -0.05) is 60.7 Å². The van der Waals surface area contributed by atoms with Crippen LogP contribution < -0.4 is 10.5 Å². The third-order valence-corrected chi connectivity index (χ3v) is 8.05. The normalized spacial score (nSPS) is 20.2. The first-order valence-corrected chi connectivity index (χ1v) is 13.2. The molecule has 0 aromatic heterocycles. The molecule has 1 heterocycles. The van der Waals surface area contributed by atoms with Gasteiger partial charge in [0.05, 0.1) is 33.3 Å². The predicted octanol–water partition coefficient (Wildman–Crippen LogP) is 5.12. The topological polar surface area (TPSA) is 52.3 Å². The van der Waals surface area contributed by atoms with Crippen molar-refractivity contribution in [3.05, 3.63) is 96.1 Å². The minimum Gasteiger partial charge on any atom is -0.493 e. The smallest absolute Gasteiger partial charge is 0.233 e. The van der Waals surface area contributed by atoms with Gasteiger partial charge in [0.15, 0.2) is 0 Å². The number of primary amides is 1. The van der Waals surface area contributed by atoms with Crippen molar-refractivity contribution in [3.63, 3.8) is 0 Å². The number of hydrogen-bond donors (Lipinski definition) is 1. The van der Waals surface area contributed by atoms with E-state index in [1.165, 1.54) is 4.90 Å². The maximum absolute atomic E-state index is 13.3. The zero-order valence-electron chi connectivity index (χ0n) is 20.2. The molecule has 1 aliphatic heterocycles. The monoisotopic (exact) mass is 475 g/mol. The molecule has 0 bridgehead atoms. The Labute approximate surface area is 207 Å². The summed E-state index contributed by atoms with van der Waals surface area (Å²) in [5, 5.41) is 0. The van der Waals surface area contributed by atoms with Crippen LogP contribution in [0, 0.1) is 5.92 Å². The number of likely N-dealkylation sites (tertiary alicyclic amines) is 1. The van der Waals surface area contributed by atoms with E-state index < -0.39 is 5.41 Å². The Balaban J connectivity index is 1.48. The molecule has 178 valence electrons. The van der Waals surface area contributed by atoms with E-state index in [0.29, 0.717) is 6.61 Å². The van der Waals surface area contributed by atoms with Crippen molar-refractivity contribution in [2.24, 2.45) is 11.7 Å². The van der Waals surface area contributed by atoms with Crippen molar-refractivity contribution in [2.45, 2.75) is 23.2 Å². The molecule has 5 heteroatoms. The first kappa shape index (κ1) is 24.4. The summed E-state index contributed by atoms with van der Waals surface area (Å²) >= 11 is 1.73. The lowest BCUT2D eigenvalue weighted by Gasteiger charge is -2.38. The largest absolute Gasteiger partial charge is 0.493 e. The minimum atomic E-state index is -0.825. The molecule has 4 rings (SSSR count). The maximum Gasteiger partial charge on any atom is 0.233 e. The van der Waals surface area contributed by atoms with Gasteiger partial charge in [0.25, 0.3) is 0 Å². The first-order chi connectivity index (χ1) is 16.5. The Kier molecular flexibility index (Phi) is 7.64. The van der Waals surface area contributed by atoms with Crippen molar-refractivity contribution >= 4 is 17.7 Å². The Morgan fingerprint density at radius 1 is 1.00 bits per heavy atom. The molecule has 2 N–H and O–H groups in total. The Hall–Kier alpha value is -2.76. The van der Waals surface area contributed by atoms with Crippen molar-refractivity contribution in [3.8, 4) is 5.75 Å². The van der Waals surface area contributed by atoms with Crippen molar-refractivity contribution < 1.29 is 14.0 Å². The molecule has 1 fully saturated rings. The first-order valence-electron chi connectivity index (χ1n) is 12.0. The third kappa shape index (κ3) is 5.01. The SMILES string of the molecule is CSc1ccc(OCCC[N+]2(C)CC[C@@H](C(C(N)=O)(c3ccccc3)c3ccccc3)C2)cc1. The number of quaternary nitrogens is 1. The summed E-state index contributed by atoms with van der Waals surface area (Å²) in [6, 6.07) is 28.5.